The Hall–Kier alpha value is -0.0400. The standard InChI is InChI=1S/C16H31N/c1-3-12-17-16(13(2)14-10-11-14)15-8-6-4-5-7-9-15/h13-17H,3-12H2,1-2H3. The predicted molar refractivity (Wildman–Crippen MR) is 75.2 cm³/mol. The van der Waals surface area contributed by atoms with Crippen molar-refractivity contribution < 1.29 is 0 Å². The van der Waals surface area contributed by atoms with Crippen LogP contribution in [0.1, 0.15) is 71.6 Å². The highest BCUT2D eigenvalue weighted by Gasteiger charge is 2.36. The molecule has 2 saturated carbocycles. The van der Waals surface area contributed by atoms with E-state index < -0.39 is 0 Å². The van der Waals surface area contributed by atoms with E-state index in [2.05, 4.69) is 19.2 Å². The molecule has 2 fully saturated rings. The van der Waals surface area contributed by atoms with Crippen LogP contribution in [0.5, 0.6) is 0 Å². The van der Waals surface area contributed by atoms with Gasteiger partial charge in [0.25, 0.3) is 0 Å². The quantitative estimate of drug-likeness (QED) is 0.676. The van der Waals surface area contributed by atoms with Gasteiger partial charge >= 0.3 is 0 Å². The van der Waals surface area contributed by atoms with E-state index in [-0.39, 0.29) is 0 Å². The Morgan fingerprint density at radius 1 is 0.941 bits per heavy atom. The smallest absolute Gasteiger partial charge is 0.0124 e. The highest BCUT2D eigenvalue weighted by atomic mass is 14.9. The zero-order chi connectivity index (χ0) is 12.1. The molecule has 2 aliphatic carbocycles. The first-order chi connectivity index (χ1) is 8.33. The molecule has 0 radical (unpaired) electrons. The minimum Gasteiger partial charge on any atom is -0.313 e. The summed E-state index contributed by atoms with van der Waals surface area (Å²) in [6, 6.07) is 0.820. The second-order valence-corrected chi connectivity index (χ2v) is 6.43. The van der Waals surface area contributed by atoms with Crippen molar-refractivity contribution in [1.29, 1.82) is 0 Å². The minimum atomic E-state index is 0.820. The molecule has 100 valence electrons. The van der Waals surface area contributed by atoms with Crippen LogP contribution >= 0.6 is 0 Å². The van der Waals surface area contributed by atoms with Gasteiger partial charge in [-0.05, 0) is 56.4 Å². The summed E-state index contributed by atoms with van der Waals surface area (Å²) in [7, 11) is 0. The van der Waals surface area contributed by atoms with Crippen LogP contribution in [0.3, 0.4) is 0 Å². The van der Waals surface area contributed by atoms with Crippen LogP contribution in [-0.2, 0) is 0 Å². The molecule has 0 spiro atoms. The van der Waals surface area contributed by atoms with Crippen LogP contribution in [0, 0.1) is 17.8 Å². The zero-order valence-corrected chi connectivity index (χ0v) is 11.9. The van der Waals surface area contributed by atoms with Gasteiger partial charge in [-0.25, -0.2) is 0 Å². The SMILES string of the molecule is CCCNC(C1CCCCCC1)C(C)C1CC1. The maximum atomic E-state index is 3.89. The molecule has 17 heavy (non-hydrogen) atoms. The monoisotopic (exact) mass is 237 g/mol. The summed E-state index contributed by atoms with van der Waals surface area (Å²) in [5.41, 5.74) is 0. The van der Waals surface area contributed by atoms with Gasteiger partial charge in [0, 0.05) is 6.04 Å². The van der Waals surface area contributed by atoms with E-state index >= 15 is 0 Å². The van der Waals surface area contributed by atoms with Crippen molar-refractivity contribution in [2.45, 2.75) is 77.7 Å². The summed E-state index contributed by atoms with van der Waals surface area (Å²) >= 11 is 0. The van der Waals surface area contributed by atoms with Crippen LogP contribution in [0.4, 0.5) is 0 Å². The average Bonchev–Trinajstić information content (AvgIpc) is 3.17. The third-order valence-electron chi connectivity index (χ3n) is 4.97. The molecule has 1 nitrogen and oxygen atoms in total. The van der Waals surface area contributed by atoms with E-state index in [0.29, 0.717) is 0 Å². The molecule has 0 bridgehead atoms. The van der Waals surface area contributed by atoms with Gasteiger partial charge in [-0.3, -0.25) is 0 Å². The number of hydrogen-bond acceptors (Lipinski definition) is 1. The maximum absolute atomic E-state index is 3.89. The lowest BCUT2D eigenvalue weighted by molar-refractivity contribution is 0.229. The fourth-order valence-corrected chi connectivity index (χ4v) is 3.68. The van der Waals surface area contributed by atoms with Gasteiger partial charge in [0.15, 0.2) is 0 Å². The normalized spacial score (nSPS) is 26.5. The van der Waals surface area contributed by atoms with Crippen molar-refractivity contribution in [2.24, 2.45) is 17.8 Å². The molecule has 0 saturated heterocycles. The lowest BCUT2D eigenvalue weighted by atomic mass is 9.82. The van der Waals surface area contributed by atoms with E-state index in [1.165, 1.54) is 64.3 Å². The molecular formula is C16H31N. The van der Waals surface area contributed by atoms with Crippen molar-refractivity contribution >= 4 is 0 Å². The summed E-state index contributed by atoms with van der Waals surface area (Å²) in [4.78, 5) is 0. The third-order valence-corrected chi connectivity index (χ3v) is 4.97. The molecule has 2 atom stereocenters. The highest BCUT2D eigenvalue weighted by molar-refractivity contribution is 4.90. The predicted octanol–water partition coefficient (Wildman–Crippen LogP) is 4.37. The van der Waals surface area contributed by atoms with Crippen molar-refractivity contribution in [1.82, 2.24) is 5.32 Å². The van der Waals surface area contributed by atoms with Gasteiger partial charge in [-0.1, -0.05) is 39.5 Å². The van der Waals surface area contributed by atoms with E-state index in [1.54, 1.807) is 0 Å². The number of nitrogens with one attached hydrogen (secondary N) is 1. The molecule has 0 aromatic carbocycles. The van der Waals surface area contributed by atoms with Gasteiger partial charge in [-0.2, -0.15) is 0 Å². The van der Waals surface area contributed by atoms with Crippen LogP contribution in [0.2, 0.25) is 0 Å². The molecule has 2 unspecified atom stereocenters. The number of hydrogen-bond donors (Lipinski definition) is 1. The first-order valence-corrected chi connectivity index (χ1v) is 8.06. The molecule has 0 heterocycles. The van der Waals surface area contributed by atoms with Gasteiger partial charge in [0.2, 0.25) is 0 Å². The first-order valence-electron chi connectivity index (χ1n) is 8.06. The Kier molecular flexibility index (Phi) is 5.34. The lowest BCUT2D eigenvalue weighted by Gasteiger charge is -2.32. The topological polar surface area (TPSA) is 12.0 Å². The maximum Gasteiger partial charge on any atom is 0.0124 e. The minimum absolute atomic E-state index is 0.820. The molecule has 0 aliphatic heterocycles. The third kappa shape index (κ3) is 3.98. The summed E-state index contributed by atoms with van der Waals surface area (Å²) in [6.07, 6.45) is 13.2. The number of rotatable bonds is 6. The Morgan fingerprint density at radius 3 is 2.12 bits per heavy atom. The van der Waals surface area contributed by atoms with E-state index in [1.807, 2.05) is 0 Å². The largest absolute Gasteiger partial charge is 0.313 e. The van der Waals surface area contributed by atoms with Crippen molar-refractivity contribution in [2.75, 3.05) is 6.54 Å². The summed E-state index contributed by atoms with van der Waals surface area (Å²) < 4.78 is 0. The Balaban J connectivity index is 1.91. The van der Waals surface area contributed by atoms with E-state index in [4.69, 9.17) is 0 Å². The van der Waals surface area contributed by atoms with Crippen LogP contribution in [-0.4, -0.2) is 12.6 Å². The highest BCUT2D eigenvalue weighted by Crippen LogP contribution is 2.41. The van der Waals surface area contributed by atoms with Crippen molar-refractivity contribution in [3.05, 3.63) is 0 Å². The van der Waals surface area contributed by atoms with Crippen LogP contribution < -0.4 is 5.32 Å². The van der Waals surface area contributed by atoms with Crippen molar-refractivity contribution in [3.8, 4) is 0 Å². The Labute approximate surface area is 108 Å². The molecule has 0 aromatic rings. The lowest BCUT2D eigenvalue weighted by Crippen LogP contribution is -2.42. The summed E-state index contributed by atoms with van der Waals surface area (Å²) in [5, 5.41) is 3.89. The molecular weight excluding hydrogens is 206 g/mol. The van der Waals surface area contributed by atoms with Crippen molar-refractivity contribution in [3.63, 3.8) is 0 Å². The van der Waals surface area contributed by atoms with E-state index in [0.717, 1.165) is 23.8 Å². The summed E-state index contributed by atoms with van der Waals surface area (Å²) in [5.74, 6) is 2.94. The Morgan fingerprint density at radius 2 is 1.59 bits per heavy atom. The van der Waals surface area contributed by atoms with E-state index in [9.17, 15) is 0 Å². The molecule has 1 heteroatoms. The van der Waals surface area contributed by atoms with Gasteiger partial charge in [-0.15, -0.1) is 0 Å². The molecule has 2 rings (SSSR count). The molecule has 0 aromatic heterocycles. The second-order valence-electron chi connectivity index (χ2n) is 6.43. The average molecular weight is 237 g/mol. The Bertz CT molecular complexity index is 202. The first kappa shape index (κ1) is 13.4. The van der Waals surface area contributed by atoms with Gasteiger partial charge < -0.3 is 5.32 Å². The molecule has 2 aliphatic rings. The zero-order valence-electron chi connectivity index (χ0n) is 11.9. The fraction of sp³-hybridized carbons (Fsp3) is 1.00. The van der Waals surface area contributed by atoms with Crippen LogP contribution in [0.15, 0.2) is 0 Å². The van der Waals surface area contributed by atoms with Gasteiger partial charge in [0.1, 0.15) is 0 Å². The second kappa shape index (κ2) is 6.78. The van der Waals surface area contributed by atoms with Crippen LogP contribution in [0.25, 0.3) is 0 Å². The molecule has 0 amide bonds. The van der Waals surface area contributed by atoms with Gasteiger partial charge in [0.05, 0.1) is 0 Å². The summed E-state index contributed by atoms with van der Waals surface area (Å²) in [6.45, 7) is 6.02. The molecule has 1 N–H and O–H groups in total. The fourth-order valence-electron chi connectivity index (χ4n) is 3.68.